The quantitative estimate of drug-likeness (QED) is 0.781. The SMILES string of the molecule is CC1CCCC(NC(=O)CC(NC(N)=O)c2cccs2)C1. The van der Waals surface area contributed by atoms with Crippen LogP contribution in [0.4, 0.5) is 4.79 Å². The number of nitrogens with two attached hydrogens (primary N) is 1. The van der Waals surface area contributed by atoms with Crippen LogP contribution in [0.5, 0.6) is 0 Å². The lowest BCUT2D eigenvalue weighted by Gasteiger charge is -2.28. The number of thiophene rings is 1. The van der Waals surface area contributed by atoms with Gasteiger partial charge >= 0.3 is 6.03 Å². The molecule has 3 unspecified atom stereocenters. The summed E-state index contributed by atoms with van der Waals surface area (Å²) in [6.45, 7) is 2.22. The second-order valence-corrected chi connectivity index (χ2v) is 6.80. The van der Waals surface area contributed by atoms with Crippen molar-refractivity contribution in [3.63, 3.8) is 0 Å². The smallest absolute Gasteiger partial charge is 0.312 e. The molecule has 0 aromatic carbocycles. The molecule has 3 amide bonds. The first-order chi connectivity index (χ1) is 10.0. The van der Waals surface area contributed by atoms with Gasteiger partial charge in [-0.25, -0.2) is 4.79 Å². The molecule has 4 N–H and O–H groups in total. The normalized spacial score (nSPS) is 23.3. The molecule has 0 aliphatic heterocycles. The largest absolute Gasteiger partial charge is 0.353 e. The monoisotopic (exact) mass is 309 g/mol. The van der Waals surface area contributed by atoms with Gasteiger partial charge in [0, 0.05) is 10.9 Å². The van der Waals surface area contributed by atoms with E-state index in [0.29, 0.717) is 5.92 Å². The maximum atomic E-state index is 12.2. The lowest BCUT2D eigenvalue weighted by molar-refractivity contribution is -0.122. The van der Waals surface area contributed by atoms with Gasteiger partial charge in [0.25, 0.3) is 0 Å². The first kappa shape index (κ1) is 15.8. The van der Waals surface area contributed by atoms with E-state index in [1.807, 2.05) is 17.5 Å². The Hall–Kier alpha value is -1.56. The van der Waals surface area contributed by atoms with E-state index in [-0.39, 0.29) is 24.4 Å². The molecule has 1 aromatic heterocycles. The summed E-state index contributed by atoms with van der Waals surface area (Å²) in [4.78, 5) is 24.3. The minimum absolute atomic E-state index is 0.0266. The minimum atomic E-state index is -0.604. The van der Waals surface area contributed by atoms with E-state index >= 15 is 0 Å². The molecular weight excluding hydrogens is 286 g/mol. The highest BCUT2D eigenvalue weighted by Crippen LogP contribution is 2.25. The standard InChI is InChI=1S/C15H23N3O2S/c1-10-4-2-5-11(8-10)17-14(19)9-12(18-15(16)20)13-6-3-7-21-13/h3,6-7,10-12H,2,4-5,8-9H2,1H3,(H,17,19)(H3,16,18,20). The number of nitrogens with one attached hydrogen (secondary N) is 2. The molecule has 1 fully saturated rings. The Bertz CT molecular complexity index is 475. The van der Waals surface area contributed by atoms with Crippen LogP contribution >= 0.6 is 11.3 Å². The highest BCUT2D eigenvalue weighted by molar-refractivity contribution is 7.10. The molecule has 1 aromatic rings. The molecule has 21 heavy (non-hydrogen) atoms. The topological polar surface area (TPSA) is 84.2 Å². The van der Waals surface area contributed by atoms with Gasteiger partial charge in [-0.15, -0.1) is 11.3 Å². The number of carbonyl (C=O) groups excluding carboxylic acids is 2. The zero-order valence-corrected chi connectivity index (χ0v) is 13.1. The first-order valence-corrected chi connectivity index (χ1v) is 8.31. The van der Waals surface area contributed by atoms with Crippen molar-refractivity contribution in [1.82, 2.24) is 10.6 Å². The molecule has 0 spiro atoms. The molecule has 0 radical (unpaired) electrons. The Kier molecular flexibility index (Phi) is 5.61. The van der Waals surface area contributed by atoms with Crippen LogP contribution in [0.3, 0.4) is 0 Å². The van der Waals surface area contributed by atoms with Gasteiger partial charge in [0.15, 0.2) is 0 Å². The molecule has 116 valence electrons. The fourth-order valence-corrected chi connectivity index (χ4v) is 3.70. The van der Waals surface area contributed by atoms with Crippen molar-refractivity contribution >= 4 is 23.3 Å². The number of hydrogen-bond acceptors (Lipinski definition) is 3. The number of carbonyl (C=O) groups is 2. The average Bonchev–Trinajstić information content (AvgIpc) is 2.91. The van der Waals surface area contributed by atoms with Gasteiger partial charge in [0.05, 0.1) is 12.5 Å². The Balaban J connectivity index is 1.90. The predicted molar refractivity (Wildman–Crippen MR) is 84.0 cm³/mol. The predicted octanol–water partition coefficient (Wildman–Crippen LogP) is 2.54. The summed E-state index contributed by atoms with van der Waals surface area (Å²) in [7, 11) is 0. The van der Waals surface area contributed by atoms with Crippen LogP contribution in [0.25, 0.3) is 0 Å². The van der Waals surface area contributed by atoms with Gasteiger partial charge in [-0.05, 0) is 30.2 Å². The van der Waals surface area contributed by atoms with Crippen molar-refractivity contribution in [3.8, 4) is 0 Å². The third kappa shape index (κ3) is 5.04. The zero-order chi connectivity index (χ0) is 15.2. The minimum Gasteiger partial charge on any atom is -0.353 e. The first-order valence-electron chi connectivity index (χ1n) is 7.43. The van der Waals surface area contributed by atoms with Crippen molar-refractivity contribution in [1.29, 1.82) is 0 Å². The Morgan fingerprint density at radius 2 is 2.29 bits per heavy atom. The van der Waals surface area contributed by atoms with Crippen LogP contribution in [-0.2, 0) is 4.79 Å². The molecule has 1 saturated carbocycles. The summed E-state index contributed by atoms with van der Waals surface area (Å²) in [5, 5.41) is 7.66. The molecule has 5 nitrogen and oxygen atoms in total. The van der Waals surface area contributed by atoms with Gasteiger partial charge in [0.1, 0.15) is 0 Å². The summed E-state index contributed by atoms with van der Waals surface area (Å²) in [6.07, 6.45) is 4.73. The second-order valence-electron chi connectivity index (χ2n) is 5.82. The van der Waals surface area contributed by atoms with E-state index in [1.165, 1.54) is 24.2 Å². The molecule has 1 aliphatic carbocycles. The van der Waals surface area contributed by atoms with Gasteiger partial charge in [-0.1, -0.05) is 25.8 Å². The third-order valence-electron chi connectivity index (χ3n) is 3.89. The van der Waals surface area contributed by atoms with Crippen molar-refractivity contribution in [2.45, 2.75) is 51.1 Å². The molecule has 6 heteroatoms. The zero-order valence-electron chi connectivity index (χ0n) is 12.3. The highest BCUT2D eigenvalue weighted by atomic mass is 32.1. The second kappa shape index (κ2) is 7.45. The third-order valence-corrected chi connectivity index (χ3v) is 4.88. The molecule has 2 rings (SSSR count). The maximum Gasteiger partial charge on any atom is 0.312 e. The number of amides is 3. The van der Waals surface area contributed by atoms with E-state index in [0.717, 1.165) is 17.7 Å². The lowest BCUT2D eigenvalue weighted by Crippen LogP contribution is -2.41. The number of hydrogen-bond donors (Lipinski definition) is 3. The summed E-state index contributed by atoms with van der Waals surface area (Å²) < 4.78 is 0. The molecule has 3 atom stereocenters. The van der Waals surface area contributed by atoms with Crippen molar-refractivity contribution in [2.24, 2.45) is 11.7 Å². The van der Waals surface area contributed by atoms with Crippen LogP contribution in [-0.4, -0.2) is 18.0 Å². The van der Waals surface area contributed by atoms with Crippen LogP contribution in [0.2, 0.25) is 0 Å². The van der Waals surface area contributed by atoms with Crippen LogP contribution < -0.4 is 16.4 Å². The van der Waals surface area contributed by atoms with Crippen molar-refractivity contribution in [3.05, 3.63) is 22.4 Å². The lowest BCUT2D eigenvalue weighted by atomic mass is 9.87. The summed E-state index contributed by atoms with van der Waals surface area (Å²) >= 11 is 1.51. The molecule has 1 aliphatic rings. The molecule has 0 bridgehead atoms. The van der Waals surface area contributed by atoms with E-state index in [9.17, 15) is 9.59 Å². The van der Waals surface area contributed by atoms with Gasteiger partial charge in [0.2, 0.25) is 5.91 Å². The number of urea groups is 1. The Labute approximate surface area is 129 Å². The molecular formula is C15H23N3O2S. The summed E-state index contributed by atoms with van der Waals surface area (Å²) in [5.74, 6) is 0.641. The highest BCUT2D eigenvalue weighted by Gasteiger charge is 2.23. The Morgan fingerprint density at radius 1 is 1.48 bits per heavy atom. The van der Waals surface area contributed by atoms with E-state index in [1.54, 1.807) is 0 Å². The van der Waals surface area contributed by atoms with Gasteiger partial charge < -0.3 is 16.4 Å². The van der Waals surface area contributed by atoms with Crippen molar-refractivity contribution < 1.29 is 9.59 Å². The van der Waals surface area contributed by atoms with E-state index in [4.69, 9.17) is 5.73 Å². The summed E-state index contributed by atoms with van der Waals surface area (Å²) in [6, 6.07) is 3.12. The van der Waals surface area contributed by atoms with Crippen LogP contribution in [0, 0.1) is 5.92 Å². The van der Waals surface area contributed by atoms with Crippen molar-refractivity contribution in [2.75, 3.05) is 0 Å². The number of rotatable bonds is 5. The maximum absolute atomic E-state index is 12.2. The average molecular weight is 309 g/mol. The Morgan fingerprint density at radius 3 is 2.90 bits per heavy atom. The van der Waals surface area contributed by atoms with E-state index in [2.05, 4.69) is 17.6 Å². The molecule has 0 saturated heterocycles. The van der Waals surface area contributed by atoms with Crippen LogP contribution in [0.1, 0.15) is 49.9 Å². The number of primary amides is 1. The fourth-order valence-electron chi connectivity index (χ4n) is 2.92. The molecule has 1 heterocycles. The van der Waals surface area contributed by atoms with E-state index < -0.39 is 6.03 Å². The summed E-state index contributed by atoms with van der Waals surface area (Å²) in [5.41, 5.74) is 5.20. The van der Waals surface area contributed by atoms with Crippen LogP contribution in [0.15, 0.2) is 17.5 Å². The van der Waals surface area contributed by atoms with Gasteiger partial charge in [-0.2, -0.15) is 0 Å². The fraction of sp³-hybridized carbons (Fsp3) is 0.600. The van der Waals surface area contributed by atoms with Gasteiger partial charge in [-0.3, -0.25) is 4.79 Å².